The van der Waals surface area contributed by atoms with Crippen LogP contribution in [0.3, 0.4) is 0 Å². The van der Waals surface area contributed by atoms with Gasteiger partial charge in [-0.25, -0.2) is 4.57 Å². The Labute approximate surface area is 289 Å². The van der Waals surface area contributed by atoms with Crippen molar-refractivity contribution in [2.45, 2.75) is 180 Å². The van der Waals surface area contributed by atoms with Crippen LogP contribution in [0, 0.1) is 0 Å². The molecule has 0 aromatic heterocycles. The predicted molar refractivity (Wildman–Crippen MR) is 192 cm³/mol. The minimum absolute atomic E-state index is 0.0363. The SMILES string of the molecule is CCCCCCCCCCCCCCCC(=O)OC[C@@H](COP(=O)(O)OCC[N+](C)(C)C)OC(=O)CCCCCCCCCCCC. The lowest BCUT2D eigenvalue weighted by Gasteiger charge is -2.24. The van der Waals surface area contributed by atoms with Crippen LogP contribution < -0.4 is 0 Å². The summed E-state index contributed by atoms with van der Waals surface area (Å²) < 4.78 is 34.1. The summed E-state index contributed by atoms with van der Waals surface area (Å²) in [4.78, 5) is 35.1. The van der Waals surface area contributed by atoms with Crippen molar-refractivity contribution in [1.82, 2.24) is 0 Å². The number of unbranched alkanes of at least 4 members (excludes halogenated alkanes) is 21. The van der Waals surface area contributed by atoms with Crippen molar-refractivity contribution >= 4 is 19.8 Å². The standard InChI is InChI=1S/C37H74NO8P/c1-6-8-10-12-14-16-18-19-20-22-23-25-27-29-36(39)43-33-35(34-45-47(41,42)44-32-31-38(3,4)5)46-37(40)30-28-26-24-21-17-15-13-11-9-7-2/h35H,6-34H2,1-5H3/p+1/t35-/m0/s1. The molecule has 0 aliphatic heterocycles. The molecule has 0 amide bonds. The van der Waals surface area contributed by atoms with Crippen molar-refractivity contribution < 1.29 is 42.1 Å². The van der Waals surface area contributed by atoms with Crippen LogP contribution in [-0.2, 0) is 32.7 Å². The van der Waals surface area contributed by atoms with Crippen LogP contribution in [0.5, 0.6) is 0 Å². The normalized spacial score (nSPS) is 13.7. The van der Waals surface area contributed by atoms with Crippen molar-refractivity contribution in [2.75, 3.05) is 47.5 Å². The fourth-order valence-corrected chi connectivity index (χ4v) is 6.05. The van der Waals surface area contributed by atoms with E-state index < -0.39 is 26.5 Å². The zero-order chi connectivity index (χ0) is 35.1. The molecule has 0 bridgehead atoms. The molecular formula is C37H75NO8P+. The van der Waals surface area contributed by atoms with Crippen LogP contribution in [0.4, 0.5) is 0 Å². The Morgan fingerprint density at radius 1 is 0.574 bits per heavy atom. The average Bonchev–Trinajstić information content (AvgIpc) is 3.01. The van der Waals surface area contributed by atoms with E-state index >= 15 is 0 Å². The number of phosphoric ester groups is 1. The lowest BCUT2D eigenvalue weighted by Crippen LogP contribution is -2.37. The van der Waals surface area contributed by atoms with Gasteiger partial charge >= 0.3 is 19.8 Å². The summed E-state index contributed by atoms with van der Waals surface area (Å²) in [5.41, 5.74) is 0. The van der Waals surface area contributed by atoms with E-state index in [9.17, 15) is 19.0 Å². The minimum atomic E-state index is -4.36. The molecule has 9 nitrogen and oxygen atoms in total. The van der Waals surface area contributed by atoms with E-state index in [1.54, 1.807) is 0 Å². The molecule has 1 unspecified atom stereocenters. The van der Waals surface area contributed by atoms with Crippen molar-refractivity contribution in [1.29, 1.82) is 0 Å². The summed E-state index contributed by atoms with van der Waals surface area (Å²) in [6, 6.07) is 0. The molecule has 0 radical (unpaired) electrons. The molecule has 0 fully saturated rings. The smallest absolute Gasteiger partial charge is 0.462 e. The van der Waals surface area contributed by atoms with Gasteiger partial charge in [0.1, 0.15) is 19.8 Å². The first-order valence-electron chi connectivity index (χ1n) is 19.3. The minimum Gasteiger partial charge on any atom is -0.462 e. The number of carbonyl (C=O) groups excluding carboxylic acids is 2. The van der Waals surface area contributed by atoms with Gasteiger partial charge in [-0.2, -0.15) is 0 Å². The zero-order valence-electron chi connectivity index (χ0n) is 31.3. The molecule has 0 rings (SSSR count). The van der Waals surface area contributed by atoms with Crippen LogP contribution in [-0.4, -0.2) is 74.9 Å². The number of likely N-dealkylation sites (N-methyl/N-ethyl adjacent to an activating group) is 1. The summed E-state index contributed by atoms with van der Waals surface area (Å²) in [7, 11) is 1.49. The molecule has 0 heterocycles. The number of nitrogens with zero attached hydrogens (tertiary/aromatic N) is 1. The van der Waals surface area contributed by atoms with Crippen molar-refractivity contribution in [2.24, 2.45) is 0 Å². The Bertz CT molecular complexity index is 789. The molecule has 47 heavy (non-hydrogen) atoms. The lowest BCUT2D eigenvalue weighted by atomic mass is 10.0. The fraction of sp³-hybridized carbons (Fsp3) is 0.946. The number of rotatable bonds is 35. The monoisotopic (exact) mass is 693 g/mol. The van der Waals surface area contributed by atoms with Gasteiger partial charge in [0, 0.05) is 12.8 Å². The molecule has 10 heteroatoms. The number of phosphoric acid groups is 1. The molecule has 2 atom stereocenters. The van der Waals surface area contributed by atoms with Crippen molar-refractivity contribution in [3.05, 3.63) is 0 Å². The van der Waals surface area contributed by atoms with Gasteiger partial charge in [0.15, 0.2) is 6.10 Å². The lowest BCUT2D eigenvalue weighted by molar-refractivity contribution is -0.870. The summed E-state index contributed by atoms with van der Waals surface area (Å²) in [5.74, 6) is -0.792. The Balaban J connectivity index is 4.40. The van der Waals surface area contributed by atoms with E-state index in [0.29, 0.717) is 23.9 Å². The van der Waals surface area contributed by atoms with E-state index in [0.717, 1.165) is 32.1 Å². The van der Waals surface area contributed by atoms with Gasteiger partial charge in [0.2, 0.25) is 0 Å². The second-order valence-corrected chi connectivity index (χ2v) is 15.8. The molecule has 0 saturated carbocycles. The first kappa shape index (κ1) is 46.0. The van der Waals surface area contributed by atoms with E-state index in [1.807, 2.05) is 21.1 Å². The van der Waals surface area contributed by atoms with E-state index in [-0.39, 0.29) is 25.6 Å². The second-order valence-electron chi connectivity index (χ2n) is 14.3. The third-order valence-corrected chi connectivity index (χ3v) is 9.37. The van der Waals surface area contributed by atoms with Crippen LogP contribution in [0.15, 0.2) is 0 Å². The highest BCUT2D eigenvalue weighted by atomic mass is 31.2. The Morgan fingerprint density at radius 2 is 0.957 bits per heavy atom. The predicted octanol–water partition coefficient (Wildman–Crippen LogP) is 10.1. The zero-order valence-corrected chi connectivity index (χ0v) is 32.2. The molecule has 280 valence electrons. The topological polar surface area (TPSA) is 108 Å². The molecule has 0 spiro atoms. The summed E-state index contributed by atoms with van der Waals surface area (Å²) in [6.07, 6.45) is 27.2. The summed E-state index contributed by atoms with van der Waals surface area (Å²) in [6.45, 7) is 4.41. The molecule has 0 saturated heterocycles. The summed E-state index contributed by atoms with van der Waals surface area (Å²) >= 11 is 0. The highest BCUT2D eigenvalue weighted by molar-refractivity contribution is 7.47. The van der Waals surface area contributed by atoms with Crippen LogP contribution >= 0.6 is 7.82 Å². The molecule has 1 N–H and O–H groups in total. The highest BCUT2D eigenvalue weighted by Gasteiger charge is 2.27. The van der Waals surface area contributed by atoms with Crippen molar-refractivity contribution in [3.8, 4) is 0 Å². The molecular weight excluding hydrogens is 617 g/mol. The van der Waals surface area contributed by atoms with Crippen molar-refractivity contribution in [3.63, 3.8) is 0 Å². The number of carbonyl (C=O) groups is 2. The fourth-order valence-electron chi connectivity index (χ4n) is 5.31. The van der Waals surface area contributed by atoms with Gasteiger partial charge < -0.3 is 18.9 Å². The molecule has 0 aromatic carbocycles. The number of quaternary nitrogens is 1. The molecule has 0 aliphatic carbocycles. The Hall–Kier alpha value is -0.990. The third-order valence-electron chi connectivity index (χ3n) is 8.39. The highest BCUT2D eigenvalue weighted by Crippen LogP contribution is 2.43. The van der Waals surface area contributed by atoms with Gasteiger partial charge in [-0.1, -0.05) is 149 Å². The Kier molecular flexibility index (Phi) is 30.4. The molecule has 0 aromatic rings. The molecule has 0 aliphatic rings. The maximum Gasteiger partial charge on any atom is 0.472 e. The number of hydrogen-bond donors (Lipinski definition) is 1. The van der Waals surface area contributed by atoms with Gasteiger partial charge in [-0.15, -0.1) is 0 Å². The first-order chi connectivity index (χ1) is 22.5. The Morgan fingerprint density at radius 3 is 1.36 bits per heavy atom. The van der Waals surface area contributed by atoms with E-state index in [1.165, 1.54) is 109 Å². The maximum absolute atomic E-state index is 12.6. The van der Waals surface area contributed by atoms with E-state index in [2.05, 4.69) is 13.8 Å². The van der Waals surface area contributed by atoms with Gasteiger partial charge in [-0.3, -0.25) is 18.6 Å². The third kappa shape index (κ3) is 34.7. The second kappa shape index (κ2) is 31.0. The average molecular weight is 693 g/mol. The van der Waals surface area contributed by atoms with Gasteiger partial charge in [0.25, 0.3) is 0 Å². The van der Waals surface area contributed by atoms with Crippen LogP contribution in [0.2, 0.25) is 0 Å². The van der Waals surface area contributed by atoms with Crippen LogP contribution in [0.25, 0.3) is 0 Å². The number of hydrogen-bond acceptors (Lipinski definition) is 7. The number of ether oxygens (including phenoxy) is 2. The van der Waals surface area contributed by atoms with Gasteiger partial charge in [-0.05, 0) is 12.8 Å². The van der Waals surface area contributed by atoms with E-state index in [4.69, 9.17) is 18.5 Å². The number of esters is 2. The largest absolute Gasteiger partial charge is 0.472 e. The quantitative estimate of drug-likeness (QED) is 0.0303. The van der Waals surface area contributed by atoms with Gasteiger partial charge in [0.05, 0.1) is 27.7 Å². The first-order valence-corrected chi connectivity index (χ1v) is 20.8. The van der Waals surface area contributed by atoms with Crippen LogP contribution in [0.1, 0.15) is 174 Å². The summed E-state index contributed by atoms with van der Waals surface area (Å²) in [5, 5.41) is 0. The maximum atomic E-state index is 12.6.